The van der Waals surface area contributed by atoms with Crippen LogP contribution in [0.1, 0.15) is 74.1 Å². The molecule has 36 heavy (non-hydrogen) atoms. The SMILES string of the molecule is CC(=O)O[C@@H](C)/C=C\C(=O)C[C@@H]1C[C@H](C)[C@H](C/C=C(C)/C=C/C2OC(C)(C)C[C@]3(CO3)[C@H]2O)O[C@@H]1C. The Hall–Kier alpha value is -1.80. The lowest BCUT2D eigenvalue weighted by molar-refractivity contribution is -0.171. The molecule has 3 aliphatic rings. The molecule has 7 heteroatoms. The summed E-state index contributed by atoms with van der Waals surface area (Å²) in [6.07, 6.45) is 10.7. The number of ketones is 1. The Balaban J connectivity index is 1.49. The van der Waals surface area contributed by atoms with Gasteiger partial charge in [0.05, 0.1) is 24.4 Å². The van der Waals surface area contributed by atoms with Crippen molar-refractivity contribution in [2.75, 3.05) is 6.61 Å². The maximum absolute atomic E-state index is 12.4. The van der Waals surface area contributed by atoms with E-state index in [2.05, 4.69) is 13.0 Å². The third-order valence-corrected chi connectivity index (χ3v) is 7.50. The molecule has 8 atom stereocenters. The first-order valence-corrected chi connectivity index (χ1v) is 13.2. The summed E-state index contributed by atoms with van der Waals surface area (Å²) in [6.45, 7) is 14.0. The summed E-state index contributed by atoms with van der Waals surface area (Å²) in [5.41, 5.74) is 0.301. The first-order chi connectivity index (χ1) is 16.8. The molecule has 0 bridgehead atoms. The van der Waals surface area contributed by atoms with E-state index in [1.165, 1.54) is 13.0 Å². The molecule has 1 unspecified atom stereocenters. The van der Waals surface area contributed by atoms with Crippen LogP contribution in [0.25, 0.3) is 0 Å². The van der Waals surface area contributed by atoms with Crippen LogP contribution in [0, 0.1) is 11.8 Å². The number of rotatable bonds is 9. The number of hydrogen-bond acceptors (Lipinski definition) is 7. The minimum absolute atomic E-state index is 0.0126. The molecule has 0 amide bonds. The van der Waals surface area contributed by atoms with E-state index >= 15 is 0 Å². The van der Waals surface area contributed by atoms with E-state index in [-0.39, 0.29) is 35.5 Å². The molecule has 0 radical (unpaired) electrons. The summed E-state index contributed by atoms with van der Waals surface area (Å²) in [5.74, 6) is 0.146. The number of allylic oxidation sites excluding steroid dienone is 3. The molecular weight excluding hydrogens is 460 g/mol. The lowest BCUT2D eigenvalue weighted by atomic mass is 9.81. The average Bonchev–Trinajstić information content (AvgIpc) is 3.54. The number of carbonyl (C=O) groups is 2. The second-order valence-corrected chi connectivity index (χ2v) is 11.6. The third kappa shape index (κ3) is 7.85. The van der Waals surface area contributed by atoms with Crippen LogP contribution in [0.5, 0.6) is 0 Å². The monoisotopic (exact) mass is 504 g/mol. The summed E-state index contributed by atoms with van der Waals surface area (Å²) in [5, 5.41) is 10.7. The first kappa shape index (κ1) is 28.8. The normalized spacial score (nSPS) is 37.4. The van der Waals surface area contributed by atoms with Crippen molar-refractivity contribution in [1.82, 2.24) is 0 Å². The van der Waals surface area contributed by atoms with Gasteiger partial charge in [0.15, 0.2) is 5.78 Å². The van der Waals surface area contributed by atoms with Gasteiger partial charge in [0.2, 0.25) is 0 Å². The minimum Gasteiger partial charge on any atom is -0.459 e. The highest BCUT2D eigenvalue weighted by molar-refractivity contribution is 5.89. The molecule has 3 aliphatic heterocycles. The zero-order chi connectivity index (χ0) is 26.7. The van der Waals surface area contributed by atoms with E-state index in [4.69, 9.17) is 18.9 Å². The number of hydrogen-bond donors (Lipinski definition) is 1. The number of aliphatic hydroxyl groups excluding tert-OH is 1. The molecule has 0 aromatic heterocycles. The summed E-state index contributed by atoms with van der Waals surface area (Å²) in [6, 6.07) is 0. The van der Waals surface area contributed by atoms with Gasteiger partial charge in [0, 0.05) is 19.8 Å². The van der Waals surface area contributed by atoms with Gasteiger partial charge in [-0.25, -0.2) is 0 Å². The maximum Gasteiger partial charge on any atom is 0.303 e. The van der Waals surface area contributed by atoms with Crippen LogP contribution < -0.4 is 0 Å². The minimum atomic E-state index is -0.656. The number of carbonyl (C=O) groups excluding carboxylic acids is 2. The van der Waals surface area contributed by atoms with Crippen LogP contribution in [0.4, 0.5) is 0 Å². The number of epoxide rings is 1. The van der Waals surface area contributed by atoms with Crippen LogP contribution in [0.3, 0.4) is 0 Å². The van der Waals surface area contributed by atoms with Crippen LogP contribution in [-0.2, 0) is 28.5 Å². The lowest BCUT2D eigenvalue weighted by Gasteiger charge is -2.41. The van der Waals surface area contributed by atoms with Gasteiger partial charge in [-0.3, -0.25) is 9.59 Å². The fourth-order valence-electron chi connectivity index (χ4n) is 5.48. The Bertz CT molecular complexity index is 882. The average molecular weight is 505 g/mol. The van der Waals surface area contributed by atoms with Crippen molar-refractivity contribution in [1.29, 1.82) is 0 Å². The molecule has 3 saturated heterocycles. The van der Waals surface area contributed by atoms with E-state index in [1.807, 2.05) is 39.8 Å². The number of ether oxygens (including phenoxy) is 4. The highest BCUT2D eigenvalue weighted by Crippen LogP contribution is 2.46. The molecule has 202 valence electrons. The van der Waals surface area contributed by atoms with E-state index < -0.39 is 23.9 Å². The van der Waals surface area contributed by atoms with Gasteiger partial charge in [-0.1, -0.05) is 30.7 Å². The van der Waals surface area contributed by atoms with Crippen LogP contribution in [0.2, 0.25) is 0 Å². The molecule has 1 N–H and O–H groups in total. The molecule has 7 nitrogen and oxygen atoms in total. The molecule has 0 aromatic rings. The van der Waals surface area contributed by atoms with Gasteiger partial charge < -0.3 is 24.1 Å². The fourth-order valence-corrected chi connectivity index (χ4v) is 5.48. The summed E-state index contributed by atoms with van der Waals surface area (Å²) < 4.78 is 23.1. The smallest absolute Gasteiger partial charge is 0.303 e. The summed E-state index contributed by atoms with van der Waals surface area (Å²) >= 11 is 0. The quantitative estimate of drug-likeness (QED) is 0.214. The molecule has 3 heterocycles. The Morgan fingerprint density at radius 3 is 2.53 bits per heavy atom. The molecule has 0 aromatic carbocycles. The molecular formula is C29H44O7. The van der Waals surface area contributed by atoms with Gasteiger partial charge in [-0.2, -0.15) is 0 Å². The van der Waals surface area contributed by atoms with Crippen LogP contribution in [0.15, 0.2) is 36.0 Å². The highest BCUT2D eigenvalue weighted by Gasteiger charge is 2.60. The van der Waals surface area contributed by atoms with E-state index in [1.54, 1.807) is 13.0 Å². The van der Waals surface area contributed by atoms with Crippen LogP contribution in [-0.4, -0.2) is 65.2 Å². The zero-order valence-corrected chi connectivity index (χ0v) is 22.9. The zero-order valence-electron chi connectivity index (χ0n) is 22.9. The number of aliphatic hydroxyl groups is 1. The van der Waals surface area contributed by atoms with Crippen molar-refractivity contribution in [3.8, 4) is 0 Å². The van der Waals surface area contributed by atoms with Crippen LogP contribution >= 0.6 is 0 Å². The van der Waals surface area contributed by atoms with Gasteiger partial charge in [-0.05, 0) is 71.4 Å². The van der Waals surface area contributed by atoms with Crippen molar-refractivity contribution in [2.45, 2.75) is 116 Å². The van der Waals surface area contributed by atoms with Crippen molar-refractivity contribution in [3.05, 3.63) is 36.0 Å². The molecule has 3 rings (SSSR count). The molecule has 0 aliphatic carbocycles. The van der Waals surface area contributed by atoms with E-state index in [0.717, 1.165) is 18.4 Å². The number of esters is 1. The standard InChI is InChI=1S/C29H44O7/c1-18(9-13-26-27(32)29(17-33-29)16-28(6,7)36-26)8-12-25-19(2)14-23(21(4)35-25)15-24(31)11-10-20(3)34-22(5)30/h8-11,13,19-21,23,25-27,32H,12,14-17H2,1-7H3/b11-10-,13-9+,18-8+/t19-,20-,21+,23-,25-,26?,27-,29-/m0/s1. The second kappa shape index (κ2) is 11.7. The van der Waals surface area contributed by atoms with Crippen molar-refractivity contribution < 1.29 is 33.6 Å². The highest BCUT2D eigenvalue weighted by atomic mass is 16.6. The van der Waals surface area contributed by atoms with Gasteiger partial charge in [0.1, 0.15) is 23.9 Å². The first-order valence-electron chi connectivity index (χ1n) is 13.2. The fraction of sp³-hybridized carbons (Fsp3) is 0.724. The maximum atomic E-state index is 12.4. The predicted octanol–water partition coefficient (Wildman–Crippen LogP) is 4.47. The summed E-state index contributed by atoms with van der Waals surface area (Å²) in [7, 11) is 0. The summed E-state index contributed by atoms with van der Waals surface area (Å²) in [4.78, 5) is 23.4. The van der Waals surface area contributed by atoms with E-state index in [0.29, 0.717) is 25.4 Å². The Labute approximate surface area is 215 Å². The van der Waals surface area contributed by atoms with Crippen molar-refractivity contribution >= 4 is 11.8 Å². The van der Waals surface area contributed by atoms with Gasteiger partial charge in [-0.15, -0.1) is 0 Å². The lowest BCUT2D eigenvalue weighted by Crippen LogP contribution is -2.53. The van der Waals surface area contributed by atoms with Gasteiger partial charge >= 0.3 is 5.97 Å². The molecule has 3 fully saturated rings. The third-order valence-electron chi connectivity index (χ3n) is 7.50. The topological polar surface area (TPSA) is 94.6 Å². The van der Waals surface area contributed by atoms with E-state index in [9.17, 15) is 14.7 Å². The van der Waals surface area contributed by atoms with Crippen molar-refractivity contribution in [3.63, 3.8) is 0 Å². The molecule has 1 spiro atoms. The Kier molecular flexibility index (Phi) is 9.36. The van der Waals surface area contributed by atoms with Crippen molar-refractivity contribution in [2.24, 2.45) is 11.8 Å². The Morgan fingerprint density at radius 1 is 1.19 bits per heavy atom. The Morgan fingerprint density at radius 2 is 1.89 bits per heavy atom. The van der Waals surface area contributed by atoms with Gasteiger partial charge in [0.25, 0.3) is 0 Å². The largest absolute Gasteiger partial charge is 0.459 e. The second-order valence-electron chi connectivity index (χ2n) is 11.6. The molecule has 0 saturated carbocycles. The predicted molar refractivity (Wildman–Crippen MR) is 137 cm³/mol.